The van der Waals surface area contributed by atoms with E-state index >= 15 is 0 Å². The number of carbonyl (C=O) groups is 1. The molecule has 100 valence electrons. The van der Waals surface area contributed by atoms with E-state index in [-0.39, 0.29) is 17.6 Å². The monoisotopic (exact) mass is 243 g/mol. The van der Waals surface area contributed by atoms with Gasteiger partial charge < -0.3 is 14.4 Å². The van der Waals surface area contributed by atoms with Gasteiger partial charge in [0.25, 0.3) is 0 Å². The van der Waals surface area contributed by atoms with Gasteiger partial charge in [-0.1, -0.05) is 13.8 Å². The van der Waals surface area contributed by atoms with Gasteiger partial charge in [0.05, 0.1) is 6.10 Å². The van der Waals surface area contributed by atoms with Crippen LogP contribution in [0.2, 0.25) is 0 Å². The highest BCUT2D eigenvalue weighted by Crippen LogP contribution is 2.31. The maximum absolute atomic E-state index is 12.0. The van der Waals surface area contributed by atoms with Gasteiger partial charge in [-0.15, -0.1) is 0 Å². The van der Waals surface area contributed by atoms with Gasteiger partial charge in [-0.25, -0.2) is 4.79 Å². The Bertz CT molecular complexity index is 281. The van der Waals surface area contributed by atoms with Crippen LogP contribution >= 0.6 is 0 Å². The van der Waals surface area contributed by atoms with E-state index in [9.17, 15) is 4.79 Å². The van der Waals surface area contributed by atoms with Crippen molar-refractivity contribution >= 4 is 6.09 Å². The molecular formula is C13H25NO3. The molecule has 1 rings (SSSR count). The van der Waals surface area contributed by atoms with E-state index < -0.39 is 5.60 Å². The van der Waals surface area contributed by atoms with Crippen molar-refractivity contribution in [3.05, 3.63) is 0 Å². The molecule has 0 radical (unpaired) electrons. The lowest BCUT2D eigenvalue weighted by molar-refractivity contribution is -0.0571. The minimum absolute atomic E-state index is 0.0239. The number of amides is 1. The lowest BCUT2D eigenvalue weighted by atomic mass is 9.81. The van der Waals surface area contributed by atoms with Crippen LogP contribution < -0.4 is 0 Å². The van der Waals surface area contributed by atoms with Crippen molar-refractivity contribution in [2.24, 2.45) is 5.41 Å². The van der Waals surface area contributed by atoms with Gasteiger partial charge in [0.1, 0.15) is 5.60 Å². The lowest BCUT2D eigenvalue weighted by Gasteiger charge is -2.43. The smallest absolute Gasteiger partial charge is 0.410 e. The third kappa shape index (κ3) is 3.87. The van der Waals surface area contributed by atoms with Crippen LogP contribution in [0.4, 0.5) is 4.79 Å². The zero-order valence-electron chi connectivity index (χ0n) is 11.9. The summed E-state index contributed by atoms with van der Waals surface area (Å²) in [4.78, 5) is 13.7. The molecule has 1 fully saturated rings. The Kier molecular flexibility index (Phi) is 4.07. The van der Waals surface area contributed by atoms with Crippen LogP contribution in [0.3, 0.4) is 0 Å². The van der Waals surface area contributed by atoms with E-state index in [2.05, 4.69) is 13.8 Å². The highest BCUT2D eigenvalue weighted by molar-refractivity contribution is 5.68. The molecule has 1 atom stereocenters. The van der Waals surface area contributed by atoms with E-state index in [0.717, 1.165) is 6.42 Å². The molecule has 0 bridgehead atoms. The Labute approximate surface area is 104 Å². The van der Waals surface area contributed by atoms with Crippen LogP contribution in [-0.2, 0) is 9.47 Å². The molecule has 0 unspecified atom stereocenters. The molecule has 0 aromatic carbocycles. The first-order valence-corrected chi connectivity index (χ1v) is 6.16. The number of nitrogens with zero attached hydrogens (tertiary/aromatic N) is 1. The Hall–Kier alpha value is -0.770. The average Bonchev–Trinajstić information content (AvgIpc) is 2.13. The SMILES string of the molecule is CO[C@H]1CCN(C(=O)OC(C)(C)C)CC1(C)C. The summed E-state index contributed by atoms with van der Waals surface area (Å²) in [5.74, 6) is 0. The summed E-state index contributed by atoms with van der Waals surface area (Å²) in [7, 11) is 1.73. The molecule has 0 aromatic rings. The van der Waals surface area contributed by atoms with Crippen molar-refractivity contribution in [2.45, 2.75) is 52.7 Å². The molecule has 4 nitrogen and oxygen atoms in total. The summed E-state index contributed by atoms with van der Waals surface area (Å²) in [6.07, 6.45) is 0.851. The van der Waals surface area contributed by atoms with E-state index in [0.29, 0.717) is 13.1 Å². The van der Waals surface area contributed by atoms with Crippen molar-refractivity contribution in [3.8, 4) is 0 Å². The number of piperidine rings is 1. The zero-order valence-corrected chi connectivity index (χ0v) is 11.9. The van der Waals surface area contributed by atoms with Crippen LogP contribution in [0.25, 0.3) is 0 Å². The number of hydrogen-bond acceptors (Lipinski definition) is 3. The summed E-state index contributed by atoms with van der Waals surface area (Å²) in [6, 6.07) is 0. The Morgan fingerprint density at radius 1 is 1.35 bits per heavy atom. The first-order valence-electron chi connectivity index (χ1n) is 6.16. The minimum Gasteiger partial charge on any atom is -0.444 e. The molecule has 1 aliphatic rings. The van der Waals surface area contributed by atoms with Gasteiger partial charge in [-0.2, -0.15) is 0 Å². The highest BCUT2D eigenvalue weighted by atomic mass is 16.6. The molecule has 0 spiro atoms. The maximum atomic E-state index is 12.0. The predicted octanol–water partition coefficient (Wildman–Crippen LogP) is 2.67. The molecule has 1 amide bonds. The number of hydrogen-bond donors (Lipinski definition) is 0. The first-order chi connectivity index (χ1) is 7.65. The zero-order chi connectivity index (χ0) is 13.3. The molecule has 1 heterocycles. The van der Waals surface area contributed by atoms with Gasteiger partial charge in [0.2, 0.25) is 0 Å². The van der Waals surface area contributed by atoms with Gasteiger partial charge >= 0.3 is 6.09 Å². The molecule has 1 saturated heterocycles. The van der Waals surface area contributed by atoms with Crippen molar-refractivity contribution in [1.82, 2.24) is 4.90 Å². The number of rotatable bonds is 1. The minimum atomic E-state index is -0.431. The number of carbonyl (C=O) groups excluding carboxylic acids is 1. The highest BCUT2D eigenvalue weighted by Gasteiger charge is 2.38. The van der Waals surface area contributed by atoms with Gasteiger partial charge in [0.15, 0.2) is 0 Å². The van der Waals surface area contributed by atoms with Crippen molar-refractivity contribution < 1.29 is 14.3 Å². The van der Waals surface area contributed by atoms with Crippen LogP contribution in [0.15, 0.2) is 0 Å². The van der Waals surface area contributed by atoms with E-state index in [1.54, 1.807) is 12.0 Å². The summed E-state index contributed by atoms with van der Waals surface area (Å²) in [5.41, 5.74) is -0.455. The Morgan fingerprint density at radius 3 is 2.35 bits per heavy atom. The largest absolute Gasteiger partial charge is 0.444 e. The second kappa shape index (κ2) is 4.84. The molecule has 0 aliphatic carbocycles. The van der Waals surface area contributed by atoms with E-state index in [1.165, 1.54) is 0 Å². The maximum Gasteiger partial charge on any atom is 0.410 e. The fraction of sp³-hybridized carbons (Fsp3) is 0.923. The lowest BCUT2D eigenvalue weighted by Crippen LogP contribution is -2.52. The van der Waals surface area contributed by atoms with Crippen LogP contribution in [-0.4, -0.2) is 42.9 Å². The molecule has 1 aliphatic heterocycles. The fourth-order valence-electron chi connectivity index (χ4n) is 2.26. The van der Waals surface area contributed by atoms with Gasteiger partial charge in [0, 0.05) is 25.6 Å². The Balaban J connectivity index is 2.62. The third-order valence-corrected chi connectivity index (χ3v) is 3.07. The quantitative estimate of drug-likeness (QED) is 0.710. The molecule has 4 heteroatoms. The fourth-order valence-corrected chi connectivity index (χ4v) is 2.26. The summed E-state index contributed by atoms with van der Waals surface area (Å²) in [5, 5.41) is 0. The average molecular weight is 243 g/mol. The van der Waals surface area contributed by atoms with Crippen LogP contribution in [0.5, 0.6) is 0 Å². The predicted molar refractivity (Wildman–Crippen MR) is 67.0 cm³/mol. The van der Waals surface area contributed by atoms with Crippen LogP contribution in [0.1, 0.15) is 41.0 Å². The van der Waals surface area contributed by atoms with Crippen molar-refractivity contribution in [1.29, 1.82) is 0 Å². The van der Waals surface area contributed by atoms with E-state index in [4.69, 9.17) is 9.47 Å². The second-order valence-electron chi connectivity index (χ2n) is 6.40. The van der Waals surface area contributed by atoms with Gasteiger partial charge in [-0.3, -0.25) is 0 Å². The van der Waals surface area contributed by atoms with Crippen molar-refractivity contribution in [3.63, 3.8) is 0 Å². The molecule has 17 heavy (non-hydrogen) atoms. The normalized spacial score (nSPS) is 24.6. The first kappa shape index (κ1) is 14.3. The molecule has 0 saturated carbocycles. The summed E-state index contributed by atoms with van der Waals surface area (Å²) in [6.45, 7) is 11.3. The number of methoxy groups -OCH3 is 1. The second-order valence-corrected chi connectivity index (χ2v) is 6.40. The summed E-state index contributed by atoms with van der Waals surface area (Å²) >= 11 is 0. The number of ether oxygens (including phenoxy) is 2. The topological polar surface area (TPSA) is 38.8 Å². The number of likely N-dealkylation sites (tertiary alicyclic amines) is 1. The van der Waals surface area contributed by atoms with Crippen LogP contribution in [0, 0.1) is 5.41 Å². The Morgan fingerprint density at radius 2 is 1.94 bits per heavy atom. The van der Waals surface area contributed by atoms with Gasteiger partial charge in [-0.05, 0) is 27.2 Å². The third-order valence-electron chi connectivity index (χ3n) is 3.07. The van der Waals surface area contributed by atoms with Crippen molar-refractivity contribution in [2.75, 3.05) is 20.2 Å². The summed E-state index contributed by atoms with van der Waals surface area (Å²) < 4.78 is 10.8. The molecule has 0 N–H and O–H groups in total. The standard InChI is InChI=1S/C13H25NO3/c1-12(2,3)17-11(15)14-8-7-10(16-6)13(4,5)9-14/h10H,7-9H2,1-6H3/t10-/m0/s1. The molecular weight excluding hydrogens is 218 g/mol. The molecule has 0 aromatic heterocycles. The van der Waals surface area contributed by atoms with E-state index in [1.807, 2.05) is 20.8 Å².